The van der Waals surface area contributed by atoms with Crippen LogP contribution in [-0.2, 0) is 0 Å². The first-order valence-electron chi connectivity index (χ1n) is 6.20. The van der Waals surface area contributed by atoms with Gasteiger partial charge in [-0.25, -0.2) is 0 Å². The summed E-state index contributed by atoms with van der Waals surface area (Å²) < 4.78 is 0. The Morgan fingerprint density at radius 1 is 0.733 bits per heavy atom. The Morgan fingerprint density at radius 3 is 2.00 bits per heavy atom. The Kier molecular flexibility index (Phi) is 4.01. The summed E-state index contributed by atoms with van der Waals surface area (Å²) in [4.78, 5) is 0. The van der Waals surface area contributed by atoms with Crippen molar-refractivity contribution in [3.63, 3.8) is 0 Å². The van der Waals surface area contributed by atoms with Crippen LogP contribution in [0, 0.1) is 0 Å². The minimum absolute atomic E-state index is 1.31. The third kappa shape index (κ3) is 3.54. The van der Waals surface area contributed by atoms with Crippen molar-refractivity contribution >= 4 is 6.08 Å². The highest BCUT2D eigenvalue weighted by atomic mass is 14.1. The second-order valence-electron chi connectivity index (χ2n) is 4.48. The fourth-order valence-electron chi connectivity index (χ4n) is 2.29. The number of hydrogen-bond donors (Lipinski definition) is 0. The van der Waals surface area contributed by atoms with Crippen molar-refractivity contribution in [2.24, 2.45) is 0 Å². The summed E-state index contributed by atoms with van der Waals surface area (Å²) in [6.07, 6.45) is 12.1. The SMILES string of the molecule is C(=C1CCCCCCC1)c1ccccc1. The van der Waals surface area contributed by atoms with E-state index in [4.69, 9.17) is 0 Å². The molecular weight excluding hydrogens is 180 g/mol. The Bertz CT molecular complexity index is 298. The van der Waals surface area contributed by atoms with E-state index < -0.39 is 0 Å². The first-order chi connectivity index (χ1) is 7.45. The van der Waals surface area contributed by atoms with Crippen LogP contribution in [0.3, 0.4) is 0 Å². The minimum atomic E-state index is 1.31. The molecule has 0 spiro atoms. The third-order valence-electron chi connectivity index (χ3n) is 3.17. The second-order valence-corrected chi connectivity index (χ2v) is 4.48. The van der Waals surface area contributed by atoms with Crippen molar-refractivity contribution in [1.29, 1.82) is 0 Å². The Hall–Kier alpha value is -1.04. The van der Waals surface area contributed by atoms with Crippen molar-refractivity contribution in [3.05, 3.63) is 41.5 Å². The van der Waals surface area contributed by atoms with E-state index in [-0.39, 0.29) is 0 Å². The van der Waals surface area contributed by atoms with Crippen LogP contribution in [0.25, 0.3) is 6.08 Å². The van der Waals surface area contributed by atoms with E-state index in [2.05, 4.69) is 36.4 Å². The topological polar surface area (TPSA) is 0 Å². The lowest BCUT2D eigenvalue weighted by Gasteiger charge is -2.11. The van der Waals surface area contributed by atoms with Gasteiger partial charge in [0.15, 0.2) is 0 Å². The lowest BCUT2D eigenvalue weighted by molar-refractivity contribution is 0.570. The van der Waals surface area contributed by atoms with E-state index >= 15 is 0 Å². The normalized spacial score (nSPS) is 18.0. The van der Waals surface area contributed by atoms with E-state index in [1.807, 2.05) is 0 Å². The van der Waals surface area contributed by atoms with Gasteiger partial charge >= 0.3 is 0 Å². The molecule has 0 heteroatoms. The van der Waals surface area contributed by atoms with Crippen LogP contribution in [0.4, 0.5) is 0 Å². The predicted molar refractivity (Wildman–Crippen MR) is 66.7 cm³/mol. The molecule has 0 radical (unpaired) electrons. The van der Waals surface area contributed by atoms with Crippen LogP contribution in [0.5, 0.6) is 0 Å². The molecule has 0 nitrogen and oxygen atoms in total. The number of hydrogen-bond acceptors (Lipinski definition) is 0. The van der Waals surface area contributed by atoms with Crippen molar-refractivity contribution in [1.82, 2.24) is 0 Å². The molecule has 2 rings (SSSR count). The van der Waals surface area contributed by atoms with Crippen molar-refractivity contribution < 1.29 is 0 Å². The molecule has 80 valence electrons. The van der Waals surface area contributed by atoms with Crippen LogP contribution in [0.15, 0.2) is 35.9 Å². The average Bonchev–Trinajstić information content (AvgIpc) is 2.23. The van der Waals surface area contributed by atoms with Gasteiger partial charge in [0.05, 0.1) is 0 Å². The van der Waals surface area contributed by atoms with Gasteiger partial charge in [0.25, 0.3) is 0 Å². The summed E-state index contributed by atoms with van der Waals surface area (Å²) in [5.41, 5.74) is 3.02. The number of rotatable bonds is 1. The minimum Gasteiger partial charge on any atom is -0.0696 e. The highest BCUT2D eigenvalue weighted by Gasteiger charge is 2.03. The molecule has 0 amide bonds. The van der Waals surface area contributed by atoms with Gasteiger partial charge in [-0.1, -0.05) is 61.2 Å². The van der Waals surface area contributed by atoms with Crippen LogP contribution in [-0.4, -0.2) is 0 Å². The first-order valence-corrected chi connectivity index (χ1v) is 6.20. The monoisotopic (exact) mass is 200 g/mol. The van der Waals surface area contributed by atoms with Gasteiger partial charge < -0.3 is 0 Å². The zero-order chi connectivity index (χ0) is 10.3. The summed E-state index contributed by atoms with van der Waals surface area (Å²) in [6, 6.07) is 10.7. The van der Waals surface area contributed by atoms with Crippen molar-refractivity contribution in [2.45, 2.75) is 44.9 Å². The highest BCUT2D eigenvalue weighted by molar-refractivity contribution is 5.52. The molecule has 1 saturated carbocycles. The Morgan fingerprint density at radius 2 is 1.33 bits per heavy atom. The Balaban J connectivity index is 2.04. The van der Waals surface area contributed by atoms with E-state index in [0.29, 0.717) is 0 Å². The summed E-state index contributed by atoms with van der Waals surface area (Å²) in [5.74, 6) is 0. The van der Waals surface area contributed by atoms with Gasteiger partial charge in [-0.15, -0.1) is 0 Å². The predicted octanol–water partition coefficient (Wildman–Crippen LogP) is 4.81. The van der Waals surface area contributed by atoms with E-state index in [1.165, 1.54) is 50.5 Å². The standard InChI is InChI=1S/C15H20/c1-2-5-9-14(10-6-3-1)13-15-11-7-4-8-12-15/h4,7-8,11-13H,1-3,5-6,9-10H2. The molecule has 1 aromatic carbocycles. The number of benzene rings is 1. The maximum absolute atomic E-state index is 2.39. The summed E-state index contributed by atoms with van der Waals surface area (Å²) in [7, 11) is 0. The molecule has 0 bridgehead atoms. The average molecular weight is 200 g/mol. The molecule has 0 N–H and O–H groups in total. The van der Waals surface area contributed by atoms with Gasteiger partial charge in [0.2, 0.25) is 0 Å². The van der Waals surface area contributed by atoms with Gasteiger partial charge in [-0.3, -0.25) is 0 Å². The van der Waals surface area contributed by atoms with Gasteiger partial charge in [-0.2, -0.15) is 0 Å². The maximum Gasteiger partial charge on any atom is -0.0257 e. The Labute approximate surface area is 93.0 Å². The molecule has 0 heterocycles. The van der Waals surface area contributed by atoms with Crippen molar-refractivity contribution in [3.8, 4) is 0 Å². The van der Waals surface area contributed by atoms with Crippen LogP contribution >= 0.6 is 0 Å². The second kappa shape index (κ2) is 5.75. The molecule has 1 aromatic rings. The lowest BCUT2D eigenvalue weighted by atomic mass is 9.95. The van der Waals surface area contributed by atoms with Gasteiger partial charge in [0, 0.05) is 0 Å². The van der Waals surface area contributed by atoms with Crippen LogP contribution < -0.4 is 0 Å². The van der Waals surface area contributed by atoms with Gasteiger partial charge in [-0.05, 0) is 31.2 Å². The number of allylic oxidation sites excluding steroid dienone is 1. The zero-order valence-electron chi connectivity index (χ0n) is 9.41. The van der Waals surface area contributed by atoms with Crippen LogP contribution in [0.2, 0.25) is 0 Å². The van der Waals surface area contributed by atoms with Crippen LogP contribution in [0.1, 0.15) is 50.5 Å². The first kappa shape index (κ1) is 10.5. The molecular formula is C15H20. The molecule has 0 saturated heterocycles. The summed E-state index contributed by atoms with van der Waals surface area (Å²) in [6.45, 7) is 0. The smallest absolute Gasteiger partial charge is 0.0257 e. The molecule has 15 heavy (non-hydrogen) atoms. The molecule has 0 unspecified atom stereocenters. The molecule has 0 aliphatic heterocycles. The van der Waals surface area contributed by atoms with Crippen molar-refractivity contribution in [2.75, 3.05) is 0 Å². The quantitative estimate of drug-likeness (QED) is 0.610. The zero-order valence-corrected chi connectivity index (χ0v) is 9.41. The fourth-order valence-corrected chi connectivity index (χ4v) is 2.29. The maximum atomic E-state index is 2.39. The lowest BCUT2D eigenvalue weighted by Crippen LogP contribution is -1.91. The molecule has 0 aromatic heterocycles. The van der Waals surface area contributed by atoms with Gasteiger partial charge in [0.1, 0.15) is 0 Å². The molecule has 0 atom stereocenters. The fraction of sp³-hybridized carbons (Fsp3) is 0.467. The highest BCUT2D eigenvalue weighted by Crippen LogP contribution is 2.23. The van der Waals surface area contributed by atoms with E-state index in [9.17, 15) is 0 Å². The molecule has 1 aliphatic rings. The third-order valence-corrected chi connectivity index (χ3v) is 3.17. The summed E-state index contributed by atoms with van der Waals surface area (Å²) in [5, 5.41) is 0. The summed E-state index contributed by atoms with van der Waals surface area (Å²) >= 11 is 0. The van der Waals surface area contributed by atoms with E-state index in [1.54, 1.807) is 5.57 Å². The largest absolute Gasteiger partial charge is 0.0696 e. The van der Waals surface area contributed by atoms with E-state index in [0.717, 1.165) is 0 Å². The molecule has 1 fully saturated rings. The molecule has 1 aliphatic carbocycles.